The van der Waals surface area contributed by atoms with Crippen LogP contribution in [0.5, 0.6) is 0 Å². The molecule has 0 saturated carbocycles. The molecule has 0 N–H and O–H groups in total. The number of ether oxygens (including phenoxy) is 1. The van der Waals surface area contributed by atoms with Crippen LogP contribution in [0.15, 0.2) is 0 Å². The quantitative estimate of drug-likeness (QED) is 0.674. The third-order valence-corrected chi connectivity index (χ3v) is 2.44. The maximum Gasteiger partial charge on any atom is 0.325 e. The van der Waals surface area contributed by atoms with Gasteiger partial charge in [-0.3, -0.25) is 9.69 Å². The summed E-state index contributed by atoms with van der Waals surface area (Å²) >= 11 is 0. The van der Waals surface area contributed by atoms with E-state index in [-0.39, 0.29) is 11.4 Å². The van der Waals surface area contributed by atoms with Gasteiger partial charge in [-0.05, 0) is 33.2 Å². The molecule has 0 saturated heterocycles. The predicted molar refractivity (Wildman–Crippen MR) is 62.8 cm³/mol. The van der Waals surface area contributed by atoms with Gasteiger partial charge in [-0.25, -0.2) is 0 Å². The zero-order valence-corrected chi connectivity index (χ0v) is 11.2. The monoisotopic (exact) mass is 215 g/mol. The first-order valence-electron chi connectivity index (χ1n) is 5.49. The molecule has 0 unspecified atom stereocenters. The van der Waals surface area contributed by atoms with Gasteiger partial charge in [0, 0.05) is 6.54 Å². The summed E-state index contributed by atoms with van der Waals surface area (Å²) in [4.78, 5) is 13.8. The molecule has 0 atom stereocenters. The van der Waals surface area contributed by atoms with Crippen molar-refractivity contribution in [3.8, 4) is 0 Å². The van der Waals surface area contributed by atoms with Crippen LogP contribution < -0.4 is 0 Å². The van der Waals surface area contributed by atoms with Crippen molar-refractivity contribution >= 4 is 5.97 Å². The smallest absolute Gasteiger partial charge is 0.325 e. The Hall–Kier alpha value is -0.570. The van der Waals surface area contributed by atoms with Crippen LogP contribution in [0, 0.1) is 5.41 Å². The van der Waals surface area contributed by atoms with Crippen LogP contribution in [0.1, 0.15) is 41.5 Å². The topological polar surface area (TPSA) is 29.5 Å². The van der Waals surface area contributed by atoms with E-state index < -0.39 is 5.54 Å². The Balaban J connectivity index is 4.51. The Labute approximate surface area is 93.8 Å². The molecule has 0 bridgehead atoms. The molecule has 0 fully saturated rings. The summed E-state index contributed by atoms with van der Waals surface area (Å²) in [6.07, 6.45) is 0. The van der Waals surface area contributed by atoms with Crippen molar-refractivity contribution in [2.24, 2.45) is 5.41 Å². The van der Waals surface area contributed by atoms with Crippen LogP contribution in [-0.2, 0) is 9.53 Å². The zero-order chi connectivity index (χ0) is 12.3. The second-order valence-corrected chi connectivity index (χ2v) is 5.70. The van der Waals surface area contributed by atoms with Crippen molar-refractivity contribution in [1.29, 1.82) is 0 Å². The van der Waals surface area contributed by atoms with E-state index in [1.54, 1.807) is 0 Å². The van der Waals surface area contributed by atoms with Gasteiger partial charge in [0.1, 0.15) is 5.54 Å². The predicted octanol–water partition coefficient (Wildman–Crippen LogP) is 2.31. The molecule has 0 aliphatic heterocycles. The highest BCUT2D eigenvalue weighted by Gasteiger charge is 2.35. The lowest BCUT2D eigenvalue weighted by atomic mass is 9.93. The number of rotatable bonds is 4. The maximum atomic E-state index is 11.7. The highest BCUT2D eigenvalue weighted by Crippen LogP contribution is 2.21. The average molecular weight is 215 g/mol. The number of likely N-dealkylation sites (N-methyl/N-ethyl adjacent to an activating group) is 1. The van der Waals surface area contributed by atoms with Crippen molar-refractivity contribution in [3.63, 3.8) is 0 Å². The lowest BCUT2D eigenvalue weighted by Crippen LogP contribution is -2.51. The van der Waals surface area contributed by atoms with E-state index >= 15 is 0 Å². The minimum atomic E-state index is -0.552. The van der Waals surface area contributed by atoms with Crippen LogP contribution in [0.4, 0.5) is 0 Å². The Bertz CT molecular complexity index is 216. The van der Waals surface area contributed by atoms with Crippen molar-refractivity contribution in [1.82, 2.24) is 4.90 Å². The van der Waals surface area contributed by atoms with E-state index in [4.69, 9.17) is 4.74 Å². The summed E-state index contributed by atoms with van der Waals surface area (Å²) in [6.45, 7) is 13.4. The molecule has 15 heavy (non-hydrogen) atoms. The first-order chi connectivity index (χ1) is 6.61. The van der Waals surface area contributed by atoms with Crippen LogP contribution in [0.25, 0.3) is 0 Å². The summed E-state index contributed by atoms with van der Waals surface area (Å²) < 4.78 is 5.06. The molecule has 0 aromatic heterocycles. The summed E-state index contributed by atoms with van der Waals surface area (Å²) in [5.74, 6) is -0.156. The second-order valence-electron chi connectivity index (χ2n) is 5.70. The van der Waals surface area contributed by atoms with Gasteiger partial charge in [0.15, 0.2) is 0 Å². The molecular formula is C12H25NO2. The molecule has 0 aliphatic rings. The highest BCUT2D eigenvalue weighted by atomic mass is 16.5. The number of carbonyl (C=O) groups is 1. The maximum absolute atomic E-state index is 11.7. The summed E-state index contributed by atoms with van der Waals surface area (Å²) in [5.41, 5.74) is -0.373. The largest absolute Gasteiger partial charge is 0.465 e. The molecule has 0 spiro atoms. The third kappa shape index (κ3) is 4.65. The Morgan fingerprint density at radius 3 is 2.00 bits per heavy atom. The second kappa shape index (κ2) is 4.97. The number of hydrogen-bond acceptors (Lipinski definition) is 3. The Morgan fingerprint density at radius 1 is 1.20 bits per heavy atom. The number of esters is 1. The average Bonchev–Trinajstić information content (AvgIpc) is 2.01. The lowest BCUT2D eigenvalue weighted by Gasteiger charge is -2.37. The fourth-order valence-corrected chi connectivity index (χ4v) is 1.37. The Morgan fingerprint density at radius 2 is 1.67 bits per heavy atom. The fourth-order valence-electron chi connectivity index (χ4n) is 1.37. The minimum Gasteiger partial charge on any atom is -0.465 e. The van der Waals surface area contributed by atoms with Crippen LogP contribution >= 0.6 is 0 Å². The molecule has 0 amide bonds. The van der Waals surface area contributed by atoms with Gasteiger partial charge in [0.05, 0.1) is 6.61 Å². The summed E-state index contributed by atoms with van der Waals surface area (Å²) in [6, 6.07) is 0. The molecule has 0 rings (SSSR count). The van der Waals surface area contributed by atoms with E-state index in [1.165, 1.54) is 0 Å². The molecule has 0 aromatic carbocycles. The first-order valence-corrected chi connectivity index (χ1v) is 5.49. The number of hydrogen-bond donors (Lipinski definition) is 0. The van der Waals surface area contributed by atoms with Gasteiger partial charge in [-0.15, -0.1) is 0 Å². The van der Waals surface area contributed by atoms with Crippen molar-refractivity contribution in [3.05, 3.63) is 0 Å². The van der Waals surface area contributed by atoms with Gasteiger partial charge in [-0.2, -0.15) is 0 Å². The van der Waals surface area contributed by atoms with E-state index in [2.05, 4.69) is 20.8 Å². The van der Waals surface area contributed by atoms with E-state index in [0.717, 1.165) is 6.54 Å². The SMILES string of the molecule is CCOC(=O)C(C)(C)N(C)CC(C)(C)C. The van der Waals surface area contributed by atoms with Crippen LogP contribution in [0.2, 0.25) is 0 Å². The van der Waals surface area contributed by atoms with Gasteiger partial charge >= 0.3 is 5.97 Å². The number of nitrogens with zero attached hydrogens (tertiary/aromatic N) is 1. The van der Waals surface area contributed by atoms with Crippen molar-refractivity contribution in [2.75, 3.05) is 20.2 Å². The molecule has 0 aliphatic carbocycles. The van der Waals surface area contributed by atoms with Gasteiger partial charge in [0.25, 0.3) is 0 Å². The lowest BCUT2D eigenvalue weighted by molar-refractivity contribution is -0.155. The summed E-state index contributed by atoms with van der Waals surface area (Å²) in [5, 5.41) is 0. The van der Waals surface area contributed by atoms with E-state index in [1.807, 2.05) is 32.7 Å². The molecule has 0 radical (unpaired) electrons. The van der Waals surface area contributed by atoms with Gasteiger partial charge in [-0.1, -0.05) is 20.8 Å². The normalized spacial score (nSPS) is 13.1. The molecule has 0 aromatic rings. The van der Waals surface area contributed by atoms with Gasteiger partial charge in [0.2, 0.25) is 0 Å². The molecule has 90 valence electrons. The van der Waals surface area contributed by atoms with Crippen LogP contribution in [-0.4, -0.2) is 36.6 Å². The van der Waals surface area contributed by atoms with Gasteiger partial charge < -0.3 is 4.74 Å². The van der Waals surface area contributed by atoms with E-state index in [0.29, 0.717) is 6.61 Å². The van der Waals surface area contributed by atoms with Crippen molar-refractivity contribution in [2.45, 2.75) is 47.1 Å². The highest BCUT2D eigenvalue weighted by molar-refractivity contribution is 5.79. The zero-order valence-electron chi connectivity index (χ0n) is 11.2. The third-order valence-electron chi connectivity index (χ3n) is 2.44. The minimum absolute atomic E-state index is 0.156. The summed E-state index contributed by atoms with van der Waals surface area (Å²) in [7, 11) is 1.96. The molecule has 3 heteroatoms. The Kier molecular flexibility index (Phi) is 4.78. The molecular weight excluding hydrogens is 190 g/mol. The fraction of sp³-hybridized carbons (Fsp3) is 0.917. The number of carbonyl (C=O) groups excluding carboxylic acids is 1. The standard InChI is InChI=1S/C12H25NO2/c1-8-15-10(14)12(5,6)13(7)9-11(2,3)4/h8-9H2,1-7H3. The van der Waals surface area contributed by atoms with Crippen molar-refractivity contribution < 1.29 is 9.53 Å². The molecule has 3 nitrogen and oxygen atoms in total. The molecule has 0 heterocycles. The van der Waals surface area contributed by atoms with E-state index in [9.17, 15) is 4.79 Å². The first kappa shape index (κ1) is 14.4. The van der Waals surface area contributed by atoms with Crippen LogP contribution in [0.3, 0.4) is 0 Å².